The van der Waals surface area contributed by atoms with Crippen molar-refractivity contribution in [3.8, 4) is 0 Å². The van der Waals surface area contributed by atoms with Gasteiger partial charge in [0.2, 0.25) is 0 Å². The molecule has 1 saturated heterocycles. The number of nitrogens with zero attached hydrogens (tertiary/aromatic N) is 1. The van der Waals surface area contributed by atoms with Crippen molar-refractivity contribution < 1.29 is 4.74 Å². The predicted octanol–water partition coefficient (Wildman–Crippen LogP) is 1.63. The molecule has 88 valence electrons. The van der Waals surface area contributed by atoms with Gasteiger partial charge in [-0.05, 0) is 25.0 Å². The summed E-state index contributed by atoms with van der Waals surface area (Å²) in [6, 6.07) is 10.4. The van der Waals surface area contributed by atoms with E-state index in [4.69, 9.17) is 10.5 Å². The third-order valence-corrected chi connectivity index (χ3v) is 3.13. The SMILES string of the molecule is CN(CC1CCC(CN)O1)c1ccccc1. The highest BCUT2D eigenvalue weighted by Crippen LogP contribution is 2.21. The molecular formula is C13H20N2O. The van der Waals surface area contributed by atoms with Crippen molar-refractivity contribution >= 4 is 5.69 Å². The molecule has 0 spiro atoms. The third kappa shape index (κ3) is 2.74. The minimum absolute atomic E-state index is 0.272. The van der Waals surface area contributed by atoms with E-state index in [1.54, 1.807) is 0 Å². The van der Waals surface area contributed by atoms with Crippen LogP contribution in [0.5, 0.6) is 0 Å². The molecule has 2 unspecified atom stereocenters. The first-order valence-electron chi connectivity index (χ1n) is 5.91. The quantitative estimate of drug-likeness (QED) is 0.838. The highest BCUT2D eigenvalue weighted by molar-refractivity contribution is 5.45. The van der Waals surface area contributed by atoms with Crippen molar-refractivity contribution in [3.63, 3.8) is 0 Å². The molecule has 0 bridgehead atoms. The fourth-order valence-electron chi connectivity index (χ4n) is 2.18. The lowest BCUT2D eigenvalue weighted by Crippen LogP contribution is -2.30. The highest BCUT2D eigenvalue weighted by Gasteiger charge is 2.24. The van der Waals surface area contributed by atoms with Crippen LogP contribution in [-0.2, 0) is 4.74 Å². The molecule has 0 aromatic heterocycles. The van der Waals surface area contributed by atoms with Gasteiger partial charge in [-0.25, -0.2) is 0 Å². The van der Waals surface area contributed by atoms with Crippen molar-refractivity contribution in [1.29, 1.82) is 0 Å². The largest absolute Gasteiger partial charge is 0.372 e. The van der Waals surface area contributed by atoms with Crippen LogP contribution in [0.15, 0.2) is 30.3 Å². The van der Waals surface area contributed by atoms with E-state index in [1.807, 2.05) is 6.07 Å². The Balaban J connectivity index is 1.86. The molecule has 2 N–H and O–H groups in total. The van der Waals surface area contributed by atoms with E-state index in [0.29, 0.717) is 12.6 Å². The van der Waals surface area contributed by atoms with Gasteiger partial charge in [0.1, 0.15) is 0 Å². The average molecular weight is 220 g/mol. The summed E-state index contributed by atoms with van der Waals surface area (Å²) in [5.41, 5.74) is 6.84. The number of nitrogens with two attached hydrogens (primary N) is 1. The molecule has 0 radical (unpaired) electrons. The first-order chi connectivity index (χ1) is 7.79. The first-order valence-corrected chi connectivity index (χ1v) is 5.91. The lowest BCUT2D eigenvalue weighted by Gasteiger charge is -2.23. The normalized spacial score (nSPS) is 24.6. The van der Waals surface area contributed by atoms with E-state index in [9.17, 15) is 0 Å². The van der Waals surface area contributed by atoms with Gasteiger partial charge in [-0.1, -0.05) is 18.2 Å². The topological polar surface area (TPSA) is 38.5 Å². The Morgan fingerprint density at radius 2 is 1.94 bits per heavy atom. The Morgan fingerprint density at radius 1 is 1.25 bits per heavy atom. The number of benzene rings is 1. The molecule has 1 heterocycles. The van der Waals surface area contributed by atoms with Gasteiger partial charge in [0.05, 0.1) is 12.2 Å². The van der Waals surface area contributed by atoms with Crippen LogP contribution in [0.25, 0.3) is 0 Å². The molecular weight excluding hydrogens is 200 g/mol. The number of ether oxygens (including phenoxy) is 1. The molecule has 0 amide bonds. The second-order valence-corrected chi connectivity index (χ2v) is 4.41. The van der Waals surface area contributed by atoms with Crippen LogP contribution < -0.4 is 10.6 Å². The van der Waals surface area contributed by atoms with E-state index in [1.165, 1.54) is 5.69 Å². The van der Waals surface area contributed by atoms with Crippen molar-refractivity contribution in [2.45, 2.75) is 25.0 Å². The van der Waals surface area contributed by atoms with Gasteiger partial charge in [-0.2, -0.15) is 0 Å². The molecule has 1 aliphatic rings. The second-order valence-electron chi connectivity index (χ2n) is 4.41. The molecule has 2 atom stereocenters. The lowest BCUT2D eigenvalue weighted by molar-refractivity contribution is 0.0549. The fraction of sp³-hybridized carbons (Fsp3) is 0.538. The smallest absolute Gasteiger partial charge is 0.0755 e. The van der Waals surface area contributed by atoms with E-state index in [2.05, 4.69) is 36.2 Å². The summed E-state index contributed by atoms with van der Waals surface area (Å²) in [6.45, 7) is 1.59. The molecule has 0 saturated carbocycles. The van der Waals surface area contributed by atoms with Crippen LogP contribution in [0.2, 0.25) is 0 Å². The van der Waals surface area contributed by atoms with Gasteiger partial charge < -0.3 is 15.4 Å². The number of anilines is 1. The van der Waals surface area contributed by atoms with Crippen LogP contribution in [0.1, 0.15) is 12.8 Å². The number of para-hydroxylation sites is 1. The Kier molecular flexibility index (Phi) is 3.80. The van der Waals surface area contributed by atoms with Crippen LogP contribution in [0, 0.1) is 0 Å². The highest BCUT2D eigenvalue weighted by atomic mass is 16.5. The Morgan fingerprint density at radius 3 is 2.56 bits per heavy atom. The summed E-state index contributed by atoms with van der Waals surface area (Å²) in [7, 11) is 2.11. The van der Waals surface area contributed by atoms with Gasteiger partial charge in [0, 0.05) is 25.8 Å². The monoisotopic (exact) mass is 220 g/mol. The van der Waals surface area contributed by atoms with Crippen molar-refractivity contribution in [1.82, 2.24) is 0 Å². The number of likely N-dealkylation sites (N-methyl/N-ethyl adjacent to an activating group) is 1. The molecule has 16 heavy (non-hydrogen) atoms. The van der Waals surface area contributed by atoms with E-state index < -0.39 is 0 Å². The maximum Gasteiger partial charge on any atom is 0.0755 e. The Hall–Kier alpha value is -1.06. The first kappa shape index (κ1) is 11.4. The van der Waals surface area contributed by atoms with Gasteiger partial charge in [0.15, 0.2) is 0 Å². The Labute approximate surface area is 97.2 Å². The summed E-state index contributed by atoms with van der Waals surface area (Å²) < 4.78 is 5.84. The standard InChI is InChI=1S/C13H20N2O/c1-15(11-5-3-2-4-6-11)10-13-8-7-12(9-14)16-13/h2-6,12-13H,7-10,14H2,1H3. The molecule has 3 nitrogen and oxygen atoms in total. The zero-order valence-electron chi connectivity index (χ0n) is 9.80. The minimum Gasteiger partial charge on any atom is -0.372 e. The van der Waals surface area contributed by atoms with Crippen molar-refractivity contribution in [3.05, 3.63) is 30.3 Å². The molecule has 1 aromatic carbocycles. The van der Waals surface area contributed by atoms with Crippen molar-refractivity contribution in [2.75, 3.05) is 25.0 Å². The molecule has 0 aliphatic carbocycles. The summed E-state index contributed by atoms with van der Waals surface area (Å²) in [4.78, 5) is 2.24. The number of hydrogen-bond donors (Lipinski definition) is 1. The molecule has 3 heteroatoms. The van der Waals surface area contributed by atoms with Crippen LogP contribution in [0.3, 0.4) is 0 Å². The van der Waals surface area contributed by atoms with Crippen LogP contribution in [-0.4, -0.2) is 32.3 Å². The average Bonchev–Trinajstić information content (AvgIpc) is 2.78. The van der Waals surface area contributed by atoms with E-state index in [0.717, 1.165) is 19.4 Å². The summed E-state index contributed by atoms with van der Waals surface area (Å²) in [5.74, 6) is 0. The molecule has 1 aromatic rings. The summed E-state index contributed by atoms with van der Waals surface area (Å²) in [6.07, 6.45) is 2.83. The van der Waals surface area contributed by atoms with Crippen molar-refractivity contribution in [2.24, 2.45) is 5.73 Å². The van der Waals surface area contributed by atoms with Gasteiger partial charge in [0.25, 0.3) is 0 Å². The Bertz CT molecular complexity index is 315. The predicted molar refractivity (Wildman–Crippen MR) is 66.7 cm³/mol. The minimum atomic E-state index is 0.272. The van der Waals surface area contributed by atoms with Crippen LogP contribution in [0.4, 0.5) is 5.69 Å². The number of rotatable bonds is 4. The lowest BCUT2D eigenvalue weighted by atomic mass is 10.2. The third-order valence-electron chi connectivity index (χ3n) is 3.13. The fourth-order valence-corrected chi connectivity index (χ4v) is 2.18. The second kappa shape index (κ2) is 5.32. The number of hydrogen-bond acceptors (Lipinski definition) is 3. The van der Waals surface area contributed by atoms with Crippen LogP contribution >= 0.6 is 0 Å². The summed E-state index contributed by atoms with van der Waals surface area (Å²) in [5, 5.41) is 0. The molecule has 1 fully saturated rings. The summed E-state index contributed by atoms with van der Waals surface area (Å²) >= 11 is 0. The zero-order chi connectivity index (χ0) is 11.4. The molecule has 1 aliphatic heterocycles. The van der Waals surface area contributed by atoms with Gasteiger partial charge in [-0.15, -0.1) is 0 Å². The van der Waals surface area contributed by atoms with E-state index >= 15 is 0 Å². The maximum absolute atomic E-state index is 5.84. The zero-order valence-corrected chi connectivity index (χ0v) is 9.80. The van der Waals surface area contributed by atoms with Gasteiger partial charge >= 0.3 is 0 Å². The molecule has 2 rings (SSSR count). The maximum atomic E-state index is 5.84. The van der Waals surface area contributed by atoms with Gasteiger partial charge in [-0.3, -0.25) is 0 Å². The van der Waals surface area contributed by atoms with E-state index in [-0.39, 0.29) is 6.10 Å².